The second-order valence-electron chi connectivity index (χ2n) is 7.24. The van der Waals surface area contributed by atoms with Gasteiger partial charge < -0.3 is 5.11 Å². The van der Waals surface area contributed by atoms with Crippen molar-refractivity contribution in [3.8, 4) is 0 Å². The van der Waals surface area contributed by atoms with Crippen LogP contribution in [0.15, 0.2) is 23.9 Å². The van der Waals surface area contributed by atoms with Gasteiger partial charge >= 0.3 is 0 Å². The molecule has 0 heterocycles. The highest BCUT2D eigenvalue weighted by atomic mass is 31.0. The lowest BCUT2D eigenvalue weighted by molar-refractivity contribution is -0.419. The number of aliphatic hydroxyl groups is 1. The lowest BCUT2D eigenvalue weighted by Crippen LogP contribution is -2.45. The summed E-state index contributed by atoms with van der Waals surface area (Å²) < 4.78 is 0. The maximum absolute atomic E-state index is 12.4. The number of carbonyl (C=O) groups is 1. The number of unbranched alkanes of at least 4 members (excludes halogenated alkanes) is 10. The quantitative estimate of drug-likeness (QED) is 0.199. The third kappa shape index (κ3) is 7.67. The number of allylic oxidation sites excluding steroid dienone is 1. The molecule has 5 nitrogen and oxygen atoms in total. The van der Waals surface area contributed by atoms with Gasteiger partial charge in [-0.2, -0.15) is 0 Å². The zero-order valence-electron chi connectivity index (χ0n) is 16.0. The molecule has 0 aromatic rings. The van der Waals surface area contributed by atoms with E-state index in [2.05, 4.69) is 16.2 Å². The Morgan fingerprint density at radius 3 is 2.08 bits per heavy atom. The average molecular weight is 383 g/mol. The lowest BCUT2D eigenvalue weighted by Gasteiger charge is -2.29. The summed E-state index contributed by atoms with van der Waals surface area (Å²) in [5, 5.41) is 21.3. The largest absolute Gasteiger partial charge is 0.377 e. The summed E-state index contributed by atoms with van der Waals surface area (Å²) in [4.78, 5) is 22.6. The number of Topliss-reactive ketones (excluding diaryl/α,β-unsaturated/α-hetero) is 1. The van der Waals surface area contributed by atoms with Gasteiger partial charge in [0.1, 0.15) is 0 Å². The Kier molecular flexibility index (Phi) is 10.9. The lowest BCUT2D eigenvalue weighted by atomic mass is 9.86. The number of rotatable bonds is 14. The van der Waals surface area contributed by atoms with Crippen molar-refractivity contribution in [2.75, 3.05) is 0 Å². The van der Waals surface area contributed by atoms with Gasteiger partial charge in [0, 0.05) is 24.2 Å². The van der Waals surface area contributed by atoms with Crippen LogP contribution in [0.25, 0.3) is 0 Å². The molecule has 0 amide bonds. The molecule has 0 saturated carbocycles. The fourth-order valence-corrected chi connectivity index (χ4v) is 3.73. The number of hydrogen-bond acceptors (Lipinski definition) is 4. The topological polar surface area (TPSA) is 80.4 Å². The average Bonchev–Trinajstić information content (AvgIpc) is 2.61. The van der Waals surface area contributed by atoms with E-state index in [1.807, 2.05) is 0 Å². The minimum atomic E-state index is -1.64. The van der Waals surface area contributed by atoms with E-state index in [4.69, 9.17) is 0 Å². The minimum Gasteiger partial charge on any atom is -0.377 e. The first-order valence-electron chi connectivity index (χ1n) is 9.98. The third-order valence-electron chi connectivity index (χ3n) is 5.03. The van der Waals surface area contributed by atoms with Gasteiger partial charge in [0.25, 0.3) is 5.70 Å². The first kappa shape index (κ1) is 23.0. The molecule has 3 unspecified atom stereocenters. The molecule has 0 aromatic carbocycles. The molecule has 0 fully saturated rings. The van der Waals surface area contributed by atoms with E-state index in [-0.39, 0.29) is 11.5 Å². The smallest absolute Gasteiger partial charge is 0.266 e. The number of hydrogen-bond donors (Lipinski definition) is 1. The van der Waals surface area contributed by atoms with Gasteiger partial charge in [-0.3, -0.25) is 14.9 Å². The van der Waals surface area contributed by atoms with Crippen molar-refractivity contribution in [1.82, 2.24) is 0 Å². The SMILES string of the molecule is CCCCCCCCCCCCCC(=O)C1(O)C=CC([N+](=O)[O-])=CC1P. The Morgan fingerprint density at radius 2 is 1.62 bits per heavy atom. The molecule has 26 heavy (non-hydrogen) atoms. The molecule has 3 atom stereocenters. The van der Waals surface area contributed by atoms with E-state index in [1.165, 1.54) is 69.6 Å². The van der Waals surface area contributed by atoms with Crippen molar-refractivity contribution in [2.24, 2.45) is 0 Å². The molecular weight excluding hydrogens is 349 g/mol. The third-order valence-corrected chi connectivity index (χ3v) is 5.73. The molecule has 1 aliphatic rings. The van der Waals surface area contributed by atoms with E-state index in [0.29, 0.717) is 6.42 Å². The molecule has 0 bridgehead atoms. The van der Waals surface area contributed by atoms with Crippen molar-refractivity contribution in [3.63, 3.8) is 0 Å². The molecule has 1 rings (SSSR count). The van der Waals surface area contributed by atoms with Gasteiger partial charge in [-0.1, -0.05) is 71.1 Å². The maximum atomic E-state index is 12.4. The standard InChI is InChI=1S/C20H34NO4P/c1-2-3-4-5-6-7-8-9-10-11-12-13-18(22)20(23)15-14-17(21(24)25)16-19(20)26/h14-16,19,23H,2-13,26H2,1H3. The summed E-state index contributed by atoms with van der Waals surface area (Å²) in [7, 11) is 2.33. The van der Waals surface area contributed by atoms with Crippen LogP contribution in [-0.4, -0.2) is 27.1 Å². The molecule has 148 valence electrons. The van der Waals surface area contributed by atoms with Crippen molar-refractivity contribution in [2.45, 2.75) is 95.2 Å². The summed E-state index contributed by atoms with van der Waals surface area (Å²) in [5.41, 5.74) is -2.38. The van der Waals surface area contributed by atoms with Crippen LogP contribution < -0.4 is 0 Å². The second-order valence-corrected chi connectivity index (χ2v) is 7.96. The molecule has 0 aliphatic heterocycles. The zero-order valence-corrected chi connectivity index (χ0v) is 17.1. The van der Waals surface area contributed by atoms with Crippen LogP contribution in [0.5, 0.6) is 0 Å². The molecular formula is C20H34NO4P. The van der Waals surface area contributed by atoms with Crippen molar-refractivity contribution < 1.29 is 14.8 Å². The zero-order chi connectivity index (χ0) is 19.4. The Morgan fingerprint density at radius 1 is 1.12 bits per heavy atom. The summed E-state index contributed by atoms with van der Waals surface area (Å²) in [6, 6.07) is 0. The highest BCUT2D eigenvalue weighted by Crippen LogP contribution is 2.30. The van der Waals surface area contributed by atoms with Crippen molar-refractivity contribution in [1.29, 1.82) is 0 Å². The predicted molar refractivity (Wildman–Crippen MR) is 109 cm³/mol. The van der Waals surface area contributed by atoms with Crippen LogP contribution >= 0.6 is 9.24 Å². The Labute approximate surface area is 159 Å². The molecule has 0 saturated heterocycles. The molecule has 6 heteroatoms. The number of carbonyl (C=O) groups excluding carboxylic acids is 1. The first-order chi connectivity index (χ1) is 12.4. The fraction of sp³-hybridized carbons (Fsp3) is 0.750. The Hall–Kier alpha value is -1.06. The highest BCUT2D eigenvalue weighted by Gasteiger charge is 2.41. The molecule has 1 N–H and O–H groups in total. The Balaban J connectivity index is 2.15. The van der Waals surface area contributed by atoms with E-state index in [0.717, 1.165) is 19.3 Å². The number of nitrogens with zero attached hydrogens (tertiary/aromatic N) is 1. The predicted octanol–water partition coefficient (Wildman–Crippen LogP) is 4.96. The number of ketones is 1. The van der Waals surface area contributed by atoms with E-state index >= 15 is 0 Å². The second kappa shape index (κ2) is 12.3. The maximum Gasteiger partial charge on any atom is 0.266 e. The minimum absolute atomic E-state index is 0.0860. The monoisotopic (exact) mass is 383 g/mol. The summed E-state index contributed by atoms with van der Waals surface area (Å²) in [6.45, 7) is 2.23. The molecule has 1 aliphatic carbocycles. The van der Waals surface area contributed by atoms with Crippen LogP contribution in [0, 0.1) is 10.1 Å². The number of nitro groups is 1. The summed E-state index contributed by atoms with van der Waals surface area (Å²) in [6.07, 6.45) is 17.4. The van der Waals surface area contributed by atoms with Gasteiger partial charge in [0.05, 0.1) is 4.92 Å². The normalized spacial score (nSPS) is 22.3. The van der Waals surface area contributed by atoms with Crippen molar-refractivity contribution >= 4 is 15.0 Å². The van der Waals surface area contributed by atoms with Crippen LogP contribution in [0.3, 0.4) is 0 Å². The van der Waals surface area contributed by atoms with Crippen LogP contribution in [-0.2, 0) is 4.79 Å². The van der Waals surface area contributed by atoms with Gasteiger partial charge in [-0.05, 0) is 12.5 Å². The van der Waals surface area contributed by atoms with Crippen molar-refractivity contribution in [3.05, 3.63) is 34.0 Å². The van der Waals surface area contributed by atoms with Gasteiger partial charge in [0.15, 0.2) is 11.4 Å². The van der Waals surface area contributed by atoms with Crippen LogP contribution in [0.1, 0.15) is 84.0 Å². The summed E-state index contributed by atoms with van der Waals surface area (Å²) in [5.74, 6) is -0.261. The molecule has 0 aromatic heterocycles. The Bertz CT molecular complexity index is 518. The molecule has 0 radical (unpaired) electrons. The van der Waals surface area contributed by atoms with Gasteiger partial charge in [-0.15, -0.1) is 9.24 Å². The van der Waals surface area contributed by atoms with E-state index in [9.17, 15) is 20.0 Å². The van der Waals surface area contributed by atoms with Gasteiger partial charge in [0.2, 0.25) is 0 Å². The van der Waals surface area contributed by atoms with Crippen LogP contribution in [0.4, 0.5) is 0 Å². The molecule has 0 spiro atoms. The fourth-order valence-electron chi connectivity index (χ4n) is 3.24. The first-order valence-corrected chi connectivity index (χ1v) is 10.6. The van der Waals surface area contributed by atoms with Crippen LogP contribution in [0.2, 0.25) is 0 Å². The van der Waals surface area contributed by atoms with E-state index in [1.54, 1.807) is 0 Å². The van der Waals surface area contributed by atoms with Gasteiger partial charge in [-0.25, -0.2) is 0 Å². The highest BCUT2D eigenvalue weighted by molar-refractivity contribution is 7.18. The van der Waals surface area contributed by atoms with E-state index < -0.39 is 16.2 Å². The summed E-state index contributed by atoms with van der Waals surface area (Å²) >= 11 is 0.